The Kier molecular flexibility index (Phi) is 26.1. The molecule has 12 heteroatoms. The summed E-state index contributed by atoms with van der Waals surface area (Å²) >= 11 is 14.2. The van der Waals surface area contributed by atoms with Crippen LogP contribution in [-0.2, 0) is 0 Å². The van der Waals surface area contributed by atoms with E-state index in [0.717, 1.165) is 17.9 Å². The Morgan fingerprint density at radius 1 is 0.200 bits per heavy atom. The van der Waals surface area contributed by atoms with Gasteiger partial charge in [0, 0.05) is 118 Å². The number of hydrogen-bond acceptors (Lipinski definition) is 8. The van der Waals surface area contributed by atoms with Gasteiger partial charge in [0.25, 0.3) is 0 Å². The molecule has 0 heterocycles. The van der Waals surface area contributed by atoms with E-state index >= 15 is 0 Å². The third-order valence-corrected chi connectivity index (χ3v) is 29.7. The van der Waals surface area contributed by atoms with Crippen LogP contribution in [0.4, 0.5) is 0 Å². The molecule has 0 radical (unpaired) electrons. The van der Waals surface area contributed by atoms with Crippen LogP contribution in [0.15, 0.2) is 356 Å². The number of fused-ring (bicyclic) bond motifs is 12. The van der Waals surface area contributed by atoms with Crippen LogP contribution in [0, 0.1) is 47.3 Å². The Bertz CT molecular complexity index is 4990. The highest BCUT2D eigenvalue weighted by atomic mass is 79.9. The largest absolute Gasteiger partial charge is 0.396 e. The predicted octanol–water partition coefficient (Wildman–Crippen LogP) is 23.0. The van der Waals surface area contributed by atoms with Crippen LogP contribution in [0.3, 0.4) is 0 Å². The highest BCUT2D eigenvalue weighted by Crippen LogP contribution is 2.68. The second kappa shape index (κ2) is 37.5. The number of benzene rings is 12. The molecule has 12 aromatic carbocycles. The van der Waals surface area contributed by atoms with Crippen LogP contribution in [0.2, 0.25) is 0 Å². The van der Waals surface area contributed by atoms with Gasteiger partial charge in [0.1, 0.15) is 0 Å². The molecule has 12 aromatic rings. The van der Waals surface area contributed by atoms with Crippen LogP contribution in [-0.4, -0.2) is 93.7 Å². The lowest BCUT2D eigenvalue weighted by molar-refractivity contribution is 0.166. The Labute approximate surface area is 738 Å². The SMILES string of the molecule is OCC[C@@H]1C2=C(c3ccccc3)c3ccccc3[C@H]2[C@H](c2ccc(Br)cc2)[C@H]1CO.OCC[C@@H]1C2=C(c3ccccc3)c3ccccc3[C@H]2[C@H](c2ccc(Br)cc2)[C@H]1CO.OCC[C@@H]1C2=C(c3ccccc3)c3ccccc3[C@H]2[C@H](c2ccc(Br)cc2)[C@H]1CO.OCC[C@@H]1C2=C(c3ccccc3)c3ccccc3[C@H]2[C@H](c2ccc(Br)cc2)[C@H]1CO. The van der Waals surface area contributed by atoms with Gasteiger partial charge in [-0.3, -0.25) is 0 Å². The number of aliphatic hydroxyl groups is 8. The Morgan fingerprint density at radius 2 is 0.375 bits per heavy atom. The Hall–Kier alpha value is -8.80. The van der Waals surface area contributed by atoms with Gasteiger partial charge in [0.15, 0.2) is 0 Å². The summed E-state index contributed by atoms with van der Waals surface area (Å²) in [5.41, 5.74) is 31.2. The average molecular weight is 1850 g/mol. The monoisotopic (exact) mass is 1840 g/mol. The number of hydrogen-bond donors (Lipinski definition) is 8. The van der Waals surface area contributed by atoms with Crippen molar-refractivity contribution in [2.24, 2.45) is 47.3 Å². The minimum Gasteiger partial charge on any atom is -0.396 e. The summed E-state index contributed by atoms with van der Waals surface area (Å²) in [6.45, 7) is 0.994. The molecule has 20 rings (SSSR count). The van der Waals surface area contributed by atoms with E-state index in [1.54, 1.807) is 0 Å². The van der Waals surface area contributed by atoms with Crippen molar-refractivity contribution in [1.29, 1.82) is 0 Å². The topological polar surface area (TPSA) is 162 Å². The molecule has 4 saturated carbocycles. The second-order valence-corrected chi connectivity index (χ2v) is 36.9. The molecule has 16 atom stereocenters. The molecule has 0 unspecified atom stereocenters. The van der Waals surface area contributed by atoms with Gasteiger partial charge in [0.05, 0.1) is 0 Å². The molecule has 4 fully saturated rings. The fourth-order valence-electron chi connectivity index (χ4n) is 23.2. The lowest BCUT2D eigenvalue weighted by Crippen LogP contribution is -2.21. The second-order valence-electron chi connectivity index (χ2n) is 33.2. The zero-order chi connectivity index (χ0) is 82.7. The van der Waals surface area contributed by atoms with Crippen molar-refractivity contribution in [3.8, 4) is 0 Å². The van der Waals surface area contributed by atoms with E-state index in [1.807, 2.05) is 24.3 Å². The Morgan fingerprint density at radius 3 is 0.550 bits per heavy atom. The number of rotatable bonds is 20. The average Bonchev–Trinajstić information content (AvgIpc) is 1.57. The zero-order valence-electron chi connectivity index (χ0n) is 66.8. The van der Waals surface area contributed by atoms with Gasteiger partial charge in [-0.05, 0) is 233 Å². The normalized spacial score (nSPS) is 24.8. The van der Waals surface area contributed by atoms with E-state index in [9.17, 15) is 40.9 Å². The third kappa shape index (κ3) is 15.5. The quantitative estimate of drug-likeness (QED) is 0.0374. The summed E-state index contributed by atoms with van der Waals surface area (Å²) in [5, 5.41) is 81.6. The molecule has 0 aromatic heterocycles. The lowest BCUT2D eigenvalue weighted by Gasteiger charge is -2.26. The molecule has 0 amide bonds. The zero-order valence-corrected chi connectivity index (χ0v) is 73.2. The van der Waals surface area contributed by atoms with Gasteiger partial charge in [-0.15, -0.1) is 0 Å². The van der Waals surface area contributed by atoms with Gasteiger partial charge in [-0.2, -0.15) is 0 Å². The van der Waals surface area contributed by atoms with Crippen molar-refractivity contribution in [1.82, 2.24) is 0 Å². The van der Waals surface area contributed by atoms with Crippen LogP contribution in [0.5, 0.6) is 0 Å². The van der Waals surface area contributed by atoms with Crippen molar-refractivity contribution in [2.45, 2.75) is 73.0 Å². The molecule has 8 N–H and O–H groups in total. The predicted molar refractivity (Wildman–Crippen MR) is 497 cm³/mol. The number of halogens is 4. The van der Waals surface area contributed by atoms with Gasteiger partial charge in [0.2, 0.25) is 0 Å². The summed E-state index contributed by atoms with van der Waals surface area (Å²) < 4.78 is 4.24. The summed E-state index contributed by atoms with van der Waals surface area (Å²) in [4.78, 5) is 0. The van der Waals surface area contributed by atoms with Crippen molar-refractivity contribution in [3.05, 3.63) is 445 Å². The maximum atomic E-state index is 10.5. The summed E-state index contributed by atoms with van der Waals surface area (Å²) in [7, 11) is 0. The fourth-order valence-corrected chi connectivity index (χ4v) is 24.3. The van der Waals surface area contributed by atoms with Crippen molar-refractivity contribution < 1.29 is 40.9 Å². The molecular formula is C108H100Br4O8. The molecule has 0 bridgehead atoms. The third-order valence-electron chi connectivity index (χ3n) is 27.6. The van der Waals surface area contributed by atoms with Crippen LogP contribution < -0.4 is 0 Å². The maximum absolute atomic E-state index is 10.5. The first-order chi connectivity index (χ1) is 59.0. The van der Waals surface area contributed by atoms with Crippen molar-refractivity contribution >= 4 is 86.0 Å². The molecule has 8 aliphatic rings. The number of allylic oxidation sites excluding steroid dienone is 4. The highest BCUT2D eigenvalue weighted by molar-refractivity contribution is 9.11. The van der Waals surface area contributed by atoms with E-state index in [1.165, 1.54) is 134 Å². The van der Waals surface area contributed by atoms with Crippen LogP contribution >= 0.6 is 63.7 Å². The fraction of sp³-hybridized carbons (Fsp3) is 0.259. The maximum Gasteiger partial charge on any atom is 0.0471 e. The van der Waals surface area contributed by atoms with E-state index in [4.69, 9.17) is 0 Å². The summed E-state index contributed by atoms with van der Waals surface area (Å²) in [5.74, 6) is 2.65. The molecule has 0 aliphatic heterocycles. The smallest absolute Gasteiger partial charge is 0.0471 e. The summed E-state index contributed by atoms with van der Waals surface area (Å²) in [6.07, 6.45) is 2.70. The first-order valence-corrected chi connectivity index (χ1v) is 45.6. The molecule has 0 spiro atoms. The molecule has 8 aliphatic carbocycles. The van der Waals surface area contributed by atoms with Gasteiger partial charge >= 0.3 is 0 Å². The molecule has 120 heavy (non-hydrogen) atoms. The van der Waals surface area contributed by atoms with Gasteiger partial charge < -0.3 is 40.9 Å². The summed E-state index contributed by atoms with van der Waals surface area (Å²) in [6, 6.07) is 111. The number of aliphatic hydroxyl groups excluding tert-OH is 8. The van der Waals surface area contributed by atoms with E-state index in [0.29, 0.717) is 25.7 Å². The van der Waals surface area contributed by atoms with E-state index in [-0.39, 0.29) is 148 Å². The standard InChI is InChI=1S/4C27H25BrO2/c4*28-19-12-10-18(11-13-19)25-23(16-30)22(14-15-29)27-24(17-6-2-1-3-7-17)20-8-4-5-9-21(20)26(25)27/h4*1-13,22-23,25-26,29-30H,14-16H2/t4*22-,23-,25+,26-/m0000/s1. The molecule has 8 nitrogen and oxygen atoms in total. The molecular weight excluding hydrogens is 1740 g/mol. The van der Waals surface area contributed by atoms with Crippen molar-refractivity contribution in [2.75, 3.05) is 52.9 Å². The van der Waals surface area contributed by atoms with Gasteiger partial charge in [-0.25, -0.2) is 0 Å². The first kappa shape index (κ1) is 83.5. The minimum absolute atomic E-state index is 0.0883. The van der Waals surface area contributed by atoms with Gasteiger partial charge in [-0.1, -0.05) is 353 Å². The van der Waals surface area contributed by atoms with E-state index < -0.39 is 0 Å². The minimum atomic E-state index is 0.0883. The van der Waals surface area contributed by atoms with Crippen LogP contribution in [0.25, 0.3) is 22.3 Å². The van der Waals surface area contributed by atoms with Crippen LogP contribution in [0.1, 0.15) is 162 Å². The highest BCUT2D eigenvalue weighted by Gasteiger charge is 2.57. The molecule has 608 valence electrons. The first-order valence-electron chi connectivity index (χ1n) is 42.4. The lowest BCUT2D eigenvalue weighted by atomic mass is 9.78. The Balaban J connectivity index is 0.000000114. The molecule has 0 saturated heterocycles. The van der Waals surface area contributed by atoms with E-state index in [2.05, 4.69) is 355 Å². The van der Waals surface area contributed by atoms with Crippen molar-refractivity contribution in [3.63, 3.8) is 0 Å².